The van der Waals surface area contributed by atoms with Crippen LogP contribution in [0.2, 0.25) is 0 Å². The topological polar surface area (TPSA) is 76.8 Å². The molecule has 1 aromatic carbocycles. The monoisotopic (exact) mass is 330 g/mol. The number of rotatable bonds is 6. The summed E-state index contributed by atoms with van der Waals surface area (Å²) in [5.41, 5.74) is 1.89. The molecule has 1 fully saturated rings. The molecule has 1 aliphatic rings. The highest BCUT2D eigenvalue weighted by Gasteiger charge is 2.29. The number of aromatic amines is 1. The normalized spacial score (nSPS) is 15.9. The summed E-state index contributed by atoms with van der Waals surface area (Å²) in [7, 11) is 0. The molecule has 7 heteroatoms. The zero-order valence-corrected chi connectivity index (χ0v) is 13.9. The van der Waals surface area contributed by atoms with Gasteiger partial charge in [0.1, 0.15) is 5.75 Å². The van der Waals surface area contributed by atoms with E-state index in [9.17, 15) is 0 Å². The zero-order valence-electron chi connectivity index (χ0n) is 13.1. The predicted octanol–water partition coefficient (Wildman–Crippen LogP) is 4.08. The Morgan fingerprint density at radius 3 is 3.04 bits per heavy atom. The standard InChI is InChI=1S/C16H18N4O2S/c1-3-21-11-6-7-12-13(8-11)18-16(17-12)23-9(2)15-19-14(20-22-15)10-4-5-10/h6-10H,3-5H2,1-2H3,(H,17,18)/t9-/m1/s1. The summed E-state index contributed by atoms with van der Waals surface area (Å²) in [5.74, 6) is 2.86. The summed E-state index contributed by atoms with van der Waals surface area (Å²) in [5, 5.41) is 4.97. The van der Waals surface area contributed by atoms with Gasteiger partial charge < -0.3 is 14.2 Å². The zero-order chi connectivity index (χ0) is 15.8. The molecule has 0 amide bonds. The van der Waals surface area contributed by atoms with E-state index in [-0.39, 0.29) is 5.25 Å². The average molecular weight is 330 g/mol. The first-order chi connectivity index (χ1) is 11.2. The molecule has 0 aliphatic heterocycles. The van der Waals surface area contributed by atoms with Gasteiger partial charge in [-0.15, -0.1) is 0 Å². The lowest BCUT2D eigenvalue weighted by Crippen LogP contribution is -1.90. The number of benzene rings is 1. The van der Waals surface area contributed by atoms with Crippen molar-refractivity contribution in [2.24, 2.45) is 0 Å². The summed E-state index contributed by atoms with van der Waals surface area (Å²) >= 11 is 1.58. The molecule has 2 heterocycles. The fourth-order valence-corrected chi connectivity index (χ4v) is 3.27. The van der Waals surface area contributed by atoms with Crippen LogP contribution in [0.25, 0.3) is 11.0 Å². The lowest BCUT2D eigenvalue weighted by atomic mass is 10.3. The fourth-order valence-electron chi connectivity index (χ4n) is 2.42. The van der Waals surface area contributed by atoms with Crippen LogP contribution in [-0.2, 0) is 0 Å². The van der Waals surface area contributed by atoms with E-state index in [1.165, 1.54) is 12.8 Å². The summed E-state index contributed by atoms with van der Waals surface area (Å²) < 4.78 is 10.9. The Labute approximate surface area is 138 Å². The van der Waals surface area contributed by atoms with Crippen LogP contribution in [0.4, 0.5) is 0 Å². The van der Waals surface area contributed by atoms with E-state index in [1.54, 1.807) is 11.8 Å². The van der Waals surface area contributed by atoms with Gasteiger partial charge in [0.15, 0.2) is 11.0 Å². The van der Waals surface area contributed by atoms with Crippen LogP contribution in [0.1, 0.15) is 49.6 Å². The van der Waals surface area contributed by atoms with Gasteiger partial charge in [0.2, 0.25) is 5.89 Å². The van der Waals surface area contributed by atoms with Crippen LogP contribution in [0.5, 0.6) is 5.75 Å². The second kappa shape index (κ2) is 5.88. The average Bonchev–Trinajstić information content (AvgIpc) is 3.12. The molecule has 0 radical (unpaired) electrons. The van der Waals surface area contributed by atoms with Crippen molar-refractivity contribution in [2.45, 2.75) is 43.0 Å². The highest BCUT2D eigenvalue weighted by Crippen LogP contribution is 2.40. The molecule has 0 bridgehead atoms. The molecule has 1 N–H and O–H groups in total. The van der Waals surface area contributed by atoms with Crippen LogP contribution in [-0.4, -0.2) is 26.7 Å². The van der Waals surface area contributed by atoms with Crippen LogP contribution in [0.15, 0.2) is 27.9 Å². The van der Waals surface area contributed by atoms with Gasteiger partial charge in [-0.3, -0.25) is 0 Å². The number of hydrogen-bond acceptors (Lipinski definition) is 6. The number of ether oxygens (including phenoxy) is 1. The highest BCUT2D eigenvalue weighted by atomic mass is 32.2. The third kappa shape index (κ3) is 3.06. The Balaban J connectivity index is 1.51. The number of imidazole rings is 1. The molecule has 120 valence electrons. The third-order valence-electron chi connectivity index (χ3n) is 3.78. The molecule has 3 aromatic rings. The molecular formula is C16H18N4O2S. The molecule has 6 nitrogen and oxygen atoms in total. The Morgan fingerprint density at radius 1 is 1.39 bits per heavy atom. The van der Waals surface area contributed by atoms with Crippen LogP contribution in [0.3, 0.4) is 0 Å². The second-order valence-electron chi connectivity index (χ2n) is 5.68. The van der Waals surface area contributed by atoms with Gasteiger partial charge in [0, 0.05) is 12.0 Å². The SMILES string of the molecule is CCOc1ccc2nc(S[C@H](C)c3nc(C4CC4)no3)[nH]c2c1. The van der Waals surface area contributed by atoms with Gasteiger partial charge in [-0.05, 0) is 38.8 Å². The minimum absolute atomic E-state index is 0.0573. The number of fused-ring (bicyclic) bond motifs is 1. The Morgan fingerprint density at radius 2 is 2.26 bits per heavy atom. The first-order valence-electron chi connectivity index (χ1n) is 7.85. The van der Waals surface area contributed by atoms with E-state index in [0.717, 1.165) is 27.8 Å². The minimum Gasteiger partial charge on any atom is -0.494 e. The van der Waals surface area contributed by atoms with Gasteiger partial charge in [-0.1, -0.05) is 16.9 Å². The summed E-state index contributed by atoms with van der Waals surface area (Å²) in [6.07, 6.45) is 2.35. The lowest BCUT2D eigenvalue weighted by Gasteiger charge is -2.02. The molecule has 1 aliphatic carbocycles. The van der Waals surface area contributed by atoms with Crippen molar-refractivity contribution < 1.29 is 9.26 Å². The number of hydrogen-bond donors (Lipinski definition) is 1. The predicted molar refractivity (Wildman–Crippen MR) is 87.8 cm³/mol. The largest absolute Gasteiger partial charge is 0.494 e. The van der Waals surface area contributed by atoms with E-state index in [0.29, 0.717) is 18.4 Å². The van der Waals surface area contributed by atoms with Crippen LogP contribution >= 0.6 is 11.8 Å². The summed E-state index contributed by atoms with van der Waals surface area (Å²) in [6.45, 7) is 4.67. The maximum Gasteiger partial charge on any atom is 0.239 e. The molecule has 1 saturated carbocycles. The first-order valence-corrected chi connectivity index (χ1v) is 8.73. The van der Waals surface area contributed by atoms with Crippen LogP contribution < -0.4 is 4.74 Å². The fraction of sp³-hybridized carbons (Fsp3) is 0.438. The number of nitrogens with zero attached hydrogens (tertiary/aromatic N) is 3. The molecule has 0 spiro atoms. The summed E-state index contributed by atoms with van der Waals surface area (Å²) in [6, 6.07) is 5.87. The van der Waals surface area contributed by atoms with Gasteiger partial charge in [-0.2, -0.15) is 4.98 Å². The van der Waals surface area contributed by atoms with E-state index >= 15 is 0 Å². The lowest BCUT2D eigenvalue weighted by molar-refractivity contribution is 0.340. The molecule has 4 rings (SSSR count). The van der Waals surface area contributed by atoms with Crippen molar-refractivity contribution in [2.75, 3.05) is 6.61 Å². The van der Waals surface area contributed by atoms with E-state index in [1.807, 2.05) is 32.0 Å². The smallest absolute Gasteiger partial charge is 0.239 e. The molecule has 23 heavy (non-hydrogen) atoms. The molecule has 0 unspecified atom stereocenters. The van der Waals surface area contributed by atoms with Crippen molar-refractivity contribution in [3.63, 3.8) is 0 Å². The second-order valence-corrected chi connectivity index (χ2v) is 7.01. The van der Waals surface area contributed by atoms with Crippen molar-refractivity contribution in [3.8, 4) is 5.75 Å². The van der Waals surface area contributed by atoms with Crippen molar-refractivity contribution in [3.05, 3.63) is 29.9 Å². The molecule has 1 atom stereocenters. The quantitative estimate of drug-likeness (QED) is 0.686. The number of thioether (sulfide) groups is 1. The molecule has 2 aromatic heterocycles. The minimum atomic E-state index is 0.0573. The summed E-state index contributed by atoms with van der Waals surface area (Å²) in [4.78, 5) is 12.4. The van der Waals surface area contributed by atoms with Gasteiger partial charge in [-0.25, -0.2) is 4.98 Å². The third-order valence-corrected chi connectivity index (χ3v) is 4.75. The van der Waals surface area contributed by atoms with Gasteiger partial charge in [0.05, 0.1) is 22.9 Å². The van der Waals surface area contributed by atoms with E-state index in [2.05, 4.69) is 20.1 Å². The number of H-pyrrole nitrogens is 1. The molecular weight excluding hydrogens is 312 g/mol. The maximum absolute atomic E-state index is 5.52. The van der Waals surface area contributed by atoms with Gasteiger partial charge in [0.25, 0.3) is 0 Å². The Bertz CT molecular complexity index is 824. The highest BCUT2D eigenvalue weighted by molar-refractivity contribution is 7.99. The van der Waals surface area contributed by atoms with Crippen molar-refractivity contribution in [1.29, 1.82) is 0 Å². The molecule has 0 saturated heterocycles. The van der Waals surface area contributed by atoms with Crippen molar-refractivity contribution >= 4 is 22.8 Å². The van der Waals surface area contributed by atoms with E-state index < -0.39 is 0 Å². The maximum atomic E-state index is 5.52. The number of aromatic nitrogens is 4. The number of nitrogens with one attached hydrogen (secondary N) is 1. The van der Waals surface area contributed by atoms with Crippen LogP contribution in [0, 0.1) is 0 Å². The Hall–Kier alpha value is -2.02. The first kappa shape index (κ1) is 14.6. The van der Waals surface area contributed by atoms with E-state index in [4.69, 9.17) is 9.26 Å². The Kier molecular flexibility index (Phi) is 3.72. The van der Waals surface area contributed by atoms with Crippen molar-refractivity contribution in [1.82, 2.24) is 20.1 Å². The van der Waals surface area contributed by atoms with Gasteiger partial charge >= 0.3 is 0 Å².